The van der Waals surface area contributed by atoms with Gasteiger partial charge < -0.3 is 20.1 Å². The Bertz CT molecular complexity index is 690. The Hall–Kier alpha value is -1.58. The van der Waals surface area contributed by atoms with Gasteiger partial charge in [0.1, 0.15) is 11.4 Å². The van der Waals surface area contributed by atoms with Crippen LogP contribution in [0.5, 0.6) is 0 Å². The van der Waals surface area contributed by atoms with Gasteiger partial charge in [-0.05, 0) is 25.3 Å². The number of carboxylic acid groups (broad SMARTS) is 1. The number of methoxy groups -OCH3 is 1. The summed E-state index contributed by atoms with van der Waals surface area (Å²) >= 11 is 2.78. The molecule has 0 aliphatic carbocycles. The Morgan fingerprint density at radius 1 is 1.46 bits per heavy atom. The number of hydrogen-bond donors (Lipinski definition) is 2. The highest BCUT2D eigenvalue weighted by atomic mass is 32.2. The van der Waals surface area contributed by atoms with E-state index in [4.69, 9.17) is 4.74 Å². The zero-order valence-corrected chi connectivity index (χ0v) is 15.1. The van der Waals surface area contributed by atoms with Crippen molar-refractivity contribution >= 4 is 40.9 Å². The number of thiophene rings is 1. The lowest BCUT2D eigenvalue weighted by molar-refractivity contribution is -0.201. The number of β-lactam (4-membered cyclic amide) rings is 1. The number of nitrogens with zero attached hydrogens (tertiary/aromatic N) is 1. The fraction of sp³-hybridized carbons (Fsp3) is 0.533. The number of carbonyl (C=O) groups is 3. The summed E-state index contributed by atoms with van der Waals surface area (Å²) in [7, 11) is 1.35. The SMILES string of the molecule is CO[C@@]1(NC(=O)Cc2cccs2)C(=O)N2[C@@H](C(=O)O)C(C)(C)S[C@@H]21. The fourth-order valence-electron chi connectivity index (χ4n) is 3.21. The van der Waals surface area contributed by atoms with Gasteiger partial charge in [0.2, 0.25) is 5.91 Å². The van der Waals surface area contributed by atoms with Gasteiger partial charge in [-0.2, -0.15) is 0 Å². The van der Waals surface area contributed by atoms with E-state index in [1.165, 1.54) is 35.1 Å². The molecular weight excluding hydrogens is 352 g/mol. The smallest absolute Gasteiger partial charge is 0.327 e. The summed E-state index contributed by atoms with van der Waals surface area (Å²) in [5.74, 6) is -1.90. The Kier molecular flexibility index (Phi) is 4.13. The van der Waals surface area contributed by atoms with Gasteiger partial charge in [0.25, 0.3) is 11.6 Å². The van der Waals surface area contributed by atoms with Crippen molar-refractivity contribution in [3.05, 3.63) is 22.4 Å². The molecule has 3 heterocycles. The molecule has 0 spiro atoms. The summed E-state index contributed by atoms with van der Waals surface area (Å²) < 4.78 is 4.70. The highest BCUT2D eigenvalue weighted by Gasteiger charge is 2.73. The molecule has 2 fully saturated rings. The third-order valence-electron chi connectivity index (χ3n) is 4.30. The van der Waals surface area contributed by atoms with Crippen LogP contribution in [0.4, 0.5) is 0 Å². The molecule has 0 bridgehead atoms. The molecule has 24 heavy (non-hydrogen) atoms. The highest BCUT2D eigenvalue weighted by Crippen LogP contribution is 2.55. The van der Waals surface area contributed by atoms with Crippen LogP contribution in [0.2, 0.25) is 0 Å². The predicted octanol–water partition coefficient (Wildman–Crippen LogP) is 0.896. The second-order valence-corrected chi connectivity index (χ2v) is 9.04. The van der Waals surface area contributed by atoms with Crippen LogP contribution in [0, 0.1) is 0 Å². The first-order chi connectivity index (χ1) is 11.2. The topological polar surface area (TPSA) is 95.9 Å². The van der Waals surface area contributed by atoms with Crippen molar-refractivity contribution in [3.63, 3.8) is 0 Å². The van der Waals surface area contributed by atoms with E-state index in [2.05, 4.69) is 5.32 Å². The molecule has 2 N–H and O–H groups in total. The van der Waals surface area contributed by atoms with Crippen LogP contribution in [0.15, 0.2) is 17.5 Å². The van der Waals surface area contributed by atoms with Crippen molar-refractivity contribution in [1.29, 1.82) is 0 Å². The second kappa shape index (κ2) is 5.75. The zero-order chi connectivity index (χ0) is 17.7. The van der Waals surface area contributed by atoms with Crippen molar-refractivity contribution in [2.45, 2.75) is 42.2 Å². The summed E-state index contributed by atoms with van der Waals surface area (Å²) in [5.41, 5.74) is -1.50. The van der Waals surface area contributed by atoms with Gasteiger partial charge >= 0.3 is 5.97 Å². The molecule has 1 aromatic heterocycles. The van der Waals surface area contributed by atoms with E-state index in [1.807, 2.05) is 17.5 Å². The van der Waals surface area contributed by atoms with Crippen molar-refractivity contribution < 1.29 is 24.2 Å². The molecule has 7 nitrogen and oxygen atoms in total. The van der Waals surface area contributed by atoms with Gasteiger partial charge in [-0.25, -0.2) is 4.79 Å². The number of amides is 2. The molecule has 9 heteroatoms. The summed E-state index contributed by atoms with van der Waals surface area (Å²) in [6.07, 6.45) is 0.152. The normalized spacial score (nSPS) is 30.6. The number of ether oxygens (including phenoxy) is 1. The maximum atomic E-state index is 12.6. The first kappa shape index (κ1) is 17.2. The van der Waals surface area contributed by atoms with Gasteiger partial charge in [0, 0.05) is 16.7 Å². The van der Waals surface area contributed by atoms with E-state index in [0.29, 0.717) is 0 Å². The van der Waals surface area contributed by atoms with Crippen molar-refractivity contribution in [1.82, 2.24) is 10.2 Å². The minimum absolute atomic E-state index is 0.152. The number of carboxylic acids is 1. The summed E-state index contributed by atoms with van der Waals surface area (Å²) in [5, 5.41) is 13.4. The zero-order valence-electron chi connectivity index (χ0n) is 13.4. The van der Waals surface area contributed by atoms with Crippen molar-refractivity contribution in [2.24, 2.45) is 0 Å². The van der Waals surface area contributed by atoms with Gasteiger partial charge in [0.05, 0.1) is 6.42 Å². The second-order valence-electron chi connectivity index (χ2n) is 6.27. The number of aliphatic carboxylic acids is 1. The number of rotatable bonds is 5. The predicted molar refractivity (Wildman–Crippen MR) is 89.6 cm³/mol. The van der Waals surface area contributed by atoms with Gasteiger partial charge in [0.15, 0.2) is 0 Å². The lowest BCUT2D eigenvalue weighted by Crippen LogP contribution is -2.80. The maximum Gasteiger partial charge on any atom is 0.327 e. The van der Waals surface area contributed by atoms with E-state index in [-0.39, 0.29) is 12.3 Å². The molecular formula is C15H18N2O5S2. The van der Waals surface area contributed by atoms with Gasteiger partial charge in [-0.1, -0.05) is 6.07 Å². The highest BCUT2D eigenvalue weighted by molar-refractivity contribution is 8.01. The van der Waals surface area contributed by atoms with E-state index < -0.39 is 33.8 Å². The molecule has 0 radical (unpaired) electrons. The van der Waals surface area contributed by atoms with E-state index in [9.17, 15) is 19.5 Å². The molecule has 2 aliphatic rings. The van der Waals surface area contributed by atoms with Crippen LogP contribution in [-0.2, 0) is 25.5 Å². The Morgan fingerprint density at radius 3 is 2.71 bits per heavy atom. The van der Waals surface area contributed by atoms with E-state index in [1.54, 1.807) is 13.8 Å². The first-order valence-electron chi connectivity index (χ1n) is 7.35. The lowest BCUT2D eigenvalue weighted by Gasteiger charge is -2.51. The average molecular weight is 370 g/mol. The summed E-state index contributed by atoms with van der Waals surface area (Å²) in [6, 6.07) is 2.74. The van der Waals surface area contributed by atoms with Gasteiger partial charge in [-0.3, -0.25) is 9.59 Å². The van der Waals surface area contributed by atoms with Crippen molar-refractivity contribution in [3.8, 4) is 0 Å². The van der Waals surface area contributed by atoms with Crippen LogP contribution < -0.4 is 5.32 Å². The third kappa shape index (κ3) is 2.42. The summed E-state index contributed by atoms with van der Waals surface area (Å²) in [6.45, 7) is 3.55. The molecule has 3 rings (SSSR count). The van der Waals surface area contributed by atoms with Crippen LogP contribution in [0.1, 0.15) is 18.7 Å². The fourth-order valence-corrected chi connectivity index (χ4v) is 5.58. The summed E-state index contributed by atoms with van der Waals surface area (Å²) in [4.78, 5) is 38.7. The number of thioether (sulfide) groups is 1. The number of nitrogens with one attached hydrogen (secondary N) is 1. The number of fused-ring (bicyclic) bond motifs is 1. The molecule has 0 saturated carbocycles. The Morgan fingerprint density at radius 2 is 2.17 bits per heavy atom. The molecule has 3 atom stereocenters. The van der Waals surface area contributed by atoms with Crippen LogP contribution in [0.3, 0.4) is 0 Å². The Balaban J connectivity index is 1.81. The number of carbonyl (C=O) groups excluding carboxylic acids is 2. The monoisotopic (exact) mass is 370 g/mol. The molecule has 2 amide bonds. The van der Waals surface area contributed by atoms with E-state index >= 15 is 0 Å². The largest absolute Gasteiger partial charge is 0.480 e. The minimum atomic E-state index is -1.50. The molecule has 2 aliphatic heterocycles. The van der Waals surface area contributed by atoms with Crippen LogP contribution in [-0.4, -0.2) is 56.8 Å². The van der Waals surface area contributed by atoms with Crippen LogP contribution in [0.25, 0.3) is 0 Å². The minimum Gasteiger partial charge on any atom is -0.480 e. The maximum absolute atomic E-state index is 12.6. The quantitative estimate of drug-likeness (QED) is 0.590. The first-order valence-corrected chi connectivity index (χ1v) is 9.11. The third-order valence-corrected chi connectivity index (χ3v) is 6.79. The van der Waals surface area contributed by atoms with Crippen LogP contribution >= 0.6 is 23.1 Å². The lowest BCUT2D eigenvalue weighted by atomic mass is 9.93. The molecule has 2 saturated heterocycles. The average Bonchev–Trinajstić information content (AvgIpc) is 3.08. The molecule has 0 aromatic carbocycles. The van der Waals surface area contributed by atoms with E-state index in [0.717, 1.165) is 4.88 Å². The van der Waals surface area contributed by atoms with Crippen molar-refractivity contribution in [2.75, 3.05) is 7.11 Å². The molecule has 130 valence electrons. The number of hydrogen-bond acceptors (Lipinski definition) is 6. The molecule has 1 aromatic rings. The Labute approximate surface area is 147 Å². The van der Waals surface area contributed by atoms with Gasteiger partial charge in [-0.15, -0.1) is 23.1 Å². The standard InChI is InChI=1S/C15H18N2O5S2/c1-14(2)10(11(19)20)17-12(21)15(22-3,13(17)24-14)16-9(18)7-8-5-4-6-23-8/h4-6,10,13H,7H2,1-3H3,(H,16,18)(H,19,20)/t10-,13+,15-/m0/s1. The molecule has 0 unspecified atom stereocenters.